The van der Waals surface area contributed by atoms with Gasteiger partial charge in [0.25, 0.3) is 10.0 Å². The fraction of sp³-hybridized carbons (Fsp3) is 0.176. The highest BCUT2D eigenvalue weighted by Crippen LogP contribution is 2.26. The van der Waals surface area contributed by atoms with Crippen LogP contribution in [0.2, 0.25) is 0 Å². The fourth-order valence-electron chi connectivity index (χ4n) is 2.07. The number of anilines is 1. The summed E-state index contributed by atoms with van der Waals surface area (Å²) in [5.74, 6) is 0. The molecule has 0 aliphatic carbocycles. The lowest BCUT2D eigenvalue weighted by Crippen LogP contribution is -2.31. The Hall–Kier alpha value is -1.59. The predicted molar refractivity (Wildman–Crippen MR) is 94.8 cm³/mol. The molecule has 0 fully saturated rings. The van der Waals surface area contributed by atoms with Crippen LogP contribution >= 0.6 is 15.9 Å². The smallest absolute Gasteiger partial charge is 0.263 e. The van der Waals surface area contributed by atoms with Crippen molar-refractivity contribution in [1.82, 2.24) is 0 Å². The van der Waals surface area contributed by atoms with E-state index in [1.54, 1.807) is 30.3 Å². The average Bonchev–Trinajstić information content (AvgIpc) is 2.48. The Labute approximate surface area is 140 Å². The molecule has 0 amide bonds. The van der Waals surface area contributed by atoms with E-state index >= 15 is 0 Å². The minimum Gasteiger partial charge on any atom is -0.263 e. The summed E-state index contributed by atoms with van der Waals surface area (Å²) in [5.41, 5.74) is 2.83. The first-order chi connectivity index (χ1) is 10.4. The van der Waals surface area contributed by atoms with Crippen LogP contribution in [0.3, 0.4) is 0 Å². The van der Waals surface area contributed by atoms with Crippen molar-refractivity contribution in [3.8, 4) is 0 Å². The first-order valence-corrected chi connectivity index (χ1v) is 9.06. The molecule has 0 heterocycles. The third-order valence-electron chi connectivity index (χ3n) is 3.48. The lowest BCUT2D eigenvalue weighted by molar-refractivity contribution is 0.593. The van der Waals surface area contributed by atoms with Crippen molar-refractivity contribution in [2.75, 3.05) is 10.8 Å². The summed E-state index contributed by atoms with van der Waals surface area (Å²) in [5, 5.41) is 0. The highest BCUT2D eigenvalue weighted by atomic mass is 79.9. The Balaban J connectivity index is 2.52. The predicted octanol–water partition coefficient (Wildman–Crippen LogP) is 4.45. The molecular weight excluding hydrogens is 362 g/mol. The minimum atomic E-state index is -3.62. The maximum atomic E-state index is 12.9. The minimum absolute atomic E-state index is 0.223. The number of sulfonamides is 1. The third-order valence-corrected chi connectivity index (χ3v) is 5.81. The SMILES string of the molecule is C=CCN(c1ccc(C)c(C)c1)S(=O)(=O)c1ccc(Br)cc1. The Kier molecular flexibility index (Phi) is 5.08. The second-order valence-electron chi connectivity index (χ2n) is 5.05. The number of halogens is 1. The molecule has 0 spiro atoms. The molecule has 5 heteroatoms. The van der Waals surface area contributed by atoms with E-state index in [0.717, 1.165) is 15.6 Å². The largest absolute Gasteiger partial charge is 0.264 e. The molecule has 0 aliphatic heterocycles. The number of hydrogen-bond acceptors (Lipinski definition) is 2. The highest BCUT2D eigenvalue weighted by Gasteiger charge is 2.24. The van der Waals surface area contributed by atoms with Crippen LogP contribution in [0.5, 0.6) is 0 Å². The molecule has 0 saturated carbocycles. The van der Waals surface area contributed by atoms with Gasteiger partial charge < -0.3 is 0 Å². The number of nitrogens with zero attached hydrogens (tertiary/aromatic N) is 1. The summed E-state index contributed by atoms with van der Waals surface area (Å²) >= 11 is 3.32. The summed E-state index contributed by atoms with van der Waals surface area (Å²) in [7, 11) is -3.62. The molecule has 0 N–H and O–H groups in total. The zero-order valence-corrected chi connectivity index (χ0v) is 15.0. The van der Waals surface area contributed by atoms with E-state index in [4.69, 9.17) is 0 Å². The van der Waals surface area contributed by atoms with E-state index < -0.39 is 10.0 Å². The molecule has 0 bridgehead atoms. The summed E-state index contributed by atoms with van der Waals surface area (Å²) in [4.78, 5) is 0.260. The van der Waals surface area contributed by atoms with Gasteiger partial charge >= 0.3 is 0 Å². The van der Waals surface area contributed by atoms with Crippen LogP contribution in [-0.4, -0.2) is 15.0 Å². The first kappa shape index (κ1) is 16.8. The third kappa shape index (κ3) is 3.42. The molecule has 116 valence electrons. The van der Waals surface area contributed by atoms with E-state index in [1.165, 1.54) is 4.31 Å². The summed E-state index contributed by atoms with van der Waals surface area (Å²) in [6.07, 6.45) is 1.59. The maximum absolute atomic E-state index is 12.9. The van der Waals surface area contributed by atoms with Gasteiger partial charge in [0.2, 0.25) is 0 Å². The Morgan fingerprint density at radius 2 is 1.73 bits per heavy atom. The lowest BCUT2D eigenvalue weighted by atomic mass is 10.1. The molecule has 0 atom stereocenters. The topological polar surface area (TPSA) is 37.4 Å². The first-order valence-electron chi connectivity index (χ1n) is 6.82. The van der Waals surface area contributed by atoms with E-state index in [9.17, 15) is 8.42 Å². The molecule has 0 radical (unpaired) electrons. The van der Waals surface area contributed by atoms with Crippen LogP contribution in [0.1, 0.15) is 11.1 Å². The number of aryl methyl sites for hydroxylation is 2. The van der Waals surface area contributed by atoms with E-state index in [0.29, 0.717) is 5.69 Å². The molecular formula is C17H18BrNO2S. The van der Waals surface area contributed by atoms with Crippen molar-refractivity contribution >= 4 is 31.6 Å². The fourth-order valence-corrected chi connectivity index (χ4v) is 3.77. The molecule has 3 nitrogen and oxygen atoms in total. The van der Waals surface area contributed by atoms with Crippen LogP contribution in [0.25, 0.3) is 0 Å². The van der Waals surface area contributed by atoms with Crippen molar-refractivity contribution in [2.45, 2.75) is 18.7 Å². The standard InChI is InChI=1S/C17H18BrNO2S/c1-4-11-19(16-8-5-13(2)14(3)12-16)22(20,21)17-9-6-15(18)7-10-17/h4-10,12H,1,11H2,2-3H3. The molecule has 2 aromatic carbocycles. The van der Waals surface area contributed by atoms with Gasteiger partial charge in [-0.1, -0.05) is 28.1 Å². The Morgan fingerprint density at radius 1 is 1.09 bits per heavy atom. The second kappa shape index (κ2) is 6.67. The van der Waals surface area contributed by atoms with Crippen LogP contribution in [0.4, 0.5) is 5.69 Å². The molecule has 0 aliphatic rings. The van der Waals surface area contributed by atoms with Gasteiger partial charge in [-0.15, -0.1) is 6.58 Å². The van der Waals surface area contributed by atoms with Crippen molar-refractivity contribution in [2.24, 2.45) is 0 Å². The van der Waals surface area contributed by atoms with Crippen LogP contribution in [0.15, 0.2) is 64.5 Å². The Morgan fingerprint density at radius 3 is 2.27 bits per heavy atom. The van der Waals surface area contributed by atoms with Crippen LogP contribution in [-0.2, 0) is 10.0 Å². The highest BCUT2D eigenvalue weighted by molar-refractivity contribution is 9.10. The number of hydrogen-bond donors (Lipinski definition) is 0. The van der Waals surface area contributed by atoms with Gasteiger partial charge in [0.1, 0.15) is 0 Å². The van der Waals surface area contributed by atoms with Crippen LogP contribution in [0, 0.1) is 13.8 Å². The van der Waals surface area contributed by atoms with Gasteiger partial charge in [0.05, 0.1) is 17.1 Å². The van der Waals surface area contributed by atoms with Gasteiger partial charge in [-0.25, -0.2) is 8.42 Å². The molecule has 2 aromatic rings. The molecule has 0 aromatic heterocycles. The van der Waals surface area contributed by atoms with Crippen LogP contribution < -0.4 is 4.31 Å². The molecule has 0 unspecified atom stereocenters. The monoisotopic (exact) mass is 379 g/mol. The van der Waals surface area contributed by atoms with Gasteiger partial charge in [0, 0.05) is 4.47 Å². The summed E-state index contributed by atoms with van der Waals surface area (Å²) in [6, 6.07) is 12.3. The van der Waals surface area contributed by atoms with Gasteiger partial charge in [0.15, 0.2) is 0 Å². The number of benzene rings is 2. The van der Waals surface area contributed by atoms with Crippen molar-refractivity contribution in [3.05, 3.63) is 70.7 Å². The van der Waals surface area contributed by atoms with E-state index in [-0.39, 0.29) is 11.4 Å². The zero-order valence-electron chi connectivity index (χ0n) is 12.6. The van der Waals surface area contributed by atoms with Gasteiger partial charge in [-0.2, -0.15) is 0 Å². The summed E-state index contributed by atoms with van der Waals surface area (Å²) < 4.78 is 28.0. The quantitative estimate of drug-likeness (QED) is 0.719. The van der Waals surface area contributed by atoms with E-state index in [2.05, 4.69) is 22.5 Å². The van der Waals surface area contributed by atoms with Gasteiger partial charge in [-0.05, 0) is 61.4 Å². The van der Waals surface area contributed by atoms with Crippen molar-refractivity contribution in [3.63, 3.8) is 0 Å². The lowest BCUT2D eigenvalue weighted by Gasteiger charge is -2.24. The average molecular weight is 380 g/mol. The van der Waals surface area contributed by atoms with Crippen molar-refractivity contribution in [1.29, 1.82) is 0 Å². The Bertz CT molecular complexity index is 783. The number of rotatable bonds is 5. The van der Waals surface area contributed by atoms with Gasteiger partial charge in [-0.3, -0.25) is 4.31 Å². The van der Waals surface area contributed by atoms with E-state index in [1.807, 2.05) is 32.0 Å². The molecule has 0 saturated heterocycles. The molecule has 22 heavy (non-hydrogen) atoms. The second-order valence-corrected chi connectivity index (χ2v) is 7.83. The van der Waals surface area contributed by atoms with Crippen molar-refractivity contribution < 1.29 is 8.42 Å². The maximum Gasteiger partial charge on any atom is 0.264 e. The molecule has 2 rings (SSSR count). The zero-order chi connectivity index (χ0) is 16.3. The summed E-state index contributed by atoms with van der Waals surface area (Å²) in [6.45, 7) is 7.87. The normalized spacial score (nSPS) is 11.2.